The van der Waals surface area contributed by atoms with Crippen molar-refractivity contribution in [1.29, 1.82) is 0 Å². The van der Waals surface area contributed by atoms with E-state index in [9.17, 15) is 18.6 Å². The predicted octanol–water partition coefficient (Wildman–Crippen LogP) is -0.800. The molecule has 0 bridgehead atoms. The summed E-state index contributed by atoms with van der Waals surface area (Å²) in [4.78, 5) is 12.0. The highest BCUT2D eigenvalue weighted by Crippen LogP contribution is 2.31. The third kappa shape index (κ3) is 4.22. The van der Waals surface area contributed by atoms with Crippen molar-refractivity contribution in [3.63, 3.8) is 0 Å². The number of rotatable bonds is 6. The molecule has 164 valence electrons. The van der Waals surface area contributed by atoms with Crippen molar-refractivity contribution in [3.05, 3.63) is 47.9 Å². The minimum atomic E-state index is -3.85. The number of imidazole rings is 1. The molecule has 13 heteroatoms. The topological polar surface area (TPSA) is 191 Å². The van der Waals surface area contributed by atoms with Crippen molar-refractivity contribution in [2.45, 2.75) is 24.5 Å². The summed E-state index contributed by atoms with van der Waals surface area (Å²) in [7, 11) is -3.85. The monoisotopic (exact) mass is 447 g/mol. The third-order valence-corrected chi connectivity index (χ3v) is 5.97. The molecule has 3 heterocycles. The minimum absolute atomic E-state index is 0.159. The Bertz CT molecular complexity index is 1230. The third-order valence-electron chi connectivity index (χ3n) is 4.91. The molecule has 0 amide bonds. The van der Waals surface area contributed by atoms with Crippen molar-refractivity contribution in [2.75, 3.05) is 18.0 Å². The predicted molar refractivity (Wildman–Crippen MR) is 112 cm³/mol. The molecule has 7 N–H and O–H groups in total. The molecular weight excluding hydrogens is 426 g/mol. The van der Waals surface area contributed by atoms with Gasteiger partial charge in [-0.05, 0) is 17.7 Å². The van der Waals surface area contributed by atoms with Gasteiger partial charge in [-0.25, -0.2) is 28.1 Å². The van der Waals surface area contributed by atoms with Crippen LogP contribution in [0.2, 0.25) is 0 Å². The molecule has 31 heavy (non-hydrogen) atoms. The maximum absolute atomic E-state index is 12.3. The van der Waals surface area contributed by atoms with Gasteiger partial charge in [0.1, 0.15) is 30.2 Å². The van der Waals surface area contributed by atoms with Gasteiger partial charge in [0.2, 0.25) is 10.0 Å². The highest BCUT2D eigenvalue weighted by Gasteiger charge is 2.44. The van der Waals surface area contributed by atoms with E-state index >= 15 is 0 Å². The second kappa shape index (κ2) is 8.20. The molecule has 0 spiro atoms. The molecule has 0 unspecified atom stereocenters. The first-order valence-electron chi connectivity index (χ1n) is 9.23. The number of hydrogen-bond donors (Lipinski definition) is 5. The van der Waals surface area contributed by atoms with Crippen LogP contribution in [0, 0.1) is 0 Å². The van der Waals surface area contributed by atoms with Gasteiger partial charge in [0.05, 0.1) is 6.33 Å². The van der Waals surface area contributed by atoms with Gasteiger partial charge in [-0.15, -0.1) is 0 Å². The van der Waals surface area contributed by atoms with Crippen LogP contribution in [0.25, 0.3) is 17.2 Å². The maximum Gasteiger partial charge on any atom is 0.233 e. The van der Waals surface area contributed by atoms with Gasteiger partial charge in [-0.1, -0.05) is 18.2 Å². The molecule has 0 aliphatic carbocycles. The van der Waals surface area contributed by atoms with Gasteiger partial charge in [0, 0.05) is 17.6 Å². The first-order valence-corrected chi connectivity index (χ1v) is 10.8. The zero-order valence-electron chi connectivity index (χ0n) is 16.1. The zero-order valence-corrected chi connectivity index (χ0v) is 16.9. The number of anilines is 2. The van der Waals surface area contributed by atoms with E-state index in [0.29, 0.717) is 22.4 Å². The van der Waals surface area contributed by atoms with E-state index in [2.05, 4.69) is 19.7 Å². The summed E-state index contributed by atoms with van der Waals surface area (Å²) in [5.74, 6) is 0.159. The highest BCUT2D eigenvalue weighted by molar-refractivity contribution is 7.92. The van der Waals surface area contributed by atoms with Crippen LogP contribution in [0.3, 0.4) is 0 Å². The van der Waals surface area contributed by atoms with E-state index in [1.165, 1.54) is 23.3 Å². The summed E-state index contributed by atoms with van der Waals surface area (Å²) in [6.45, 7) is -0.268. The molecule has 1 fully saturated rings. The normalized spacial score (nSPS) is 24.3. The number of fused-ring (bicyclic) bond motifs is 1. The molecular formula is C18H21N7O5S. The highest BCUT2D eigenvalue weighted by atomic mass is 32.2. The van der Waals surface area contributed by atoms with Gasteiger partial charge < -0.3 is 26.4 Å². The first-order chi connectivity index (χ1) is 14.8. The van der Waals surface area contributed by atoms with Gasteiger partial charge in [-0.2, -0.15) is 0 Å². The minimum Gasteiger partial charge on any atom is -0.398 e. The fraction of sp³-hybridized carbons (Fsp3) is 0.278. The summed E-state index contributed by atoms with van der Waals surface area (Å²) < 4.78 is 34.0. The van der Waals surface area contributed by atoms with E-state index in [-0.39, 0.29) is 12.4 Å². The van der Waals surface area contributed by atoms with Crippen LogP contribution in [-0.2, 0) is 14.8 Å². The van der Waals surface area contributed by atoms with E-state index in [1.807, 2.05) is 0 Å². The Morgan fingerprint density at radius 2 is 1.94 bits per heavy atom. The first kappa shape index (κ1) is 21.1. The van der Waals surface area contributed by atoms with Gasteiger partial charge >= 0.3 is 0 Å². The zero-order chi connectivity index (χ0) is 22.2. The summed E-state index contributed by atoms with van der Waals surface area (Å²) in [6.07, 6.45) is -0.782. The van der Waals surface area contributed by atoms with Crippen LogP contribution in [-0.4, -0.2) is 63.0 Å². The van der Waals surface area contributed by atoms with Crippen molar-refractivity contribution < 1.29 is 23.4 Å². The molecule has 12 nitrogen and oxygen atoms in total. The Kier molecular flexibility index (Phi) is 5.60. The molecule has 1 aromatic carbocycles. The molecule has 4 atom stereocenters. The Morgan fingerprint density at radius 1 is 1.16 bits per heavy atom. The van der Waals surface area contributed by atoms with E-state index in [1.54, 1.807) is 24.3 Å². The number of hydrogen-bond acceptors (Lipinski definition) is 10. The second-order valence-corrected chi connectivity index (χ2v) is 8.61. The van der Waals surface area contributed by atoms with Crippen LogP contribution in [0.4, 0.5) is 11.5 Å². The van der Waals surface area contributed by atoms with Crippen LogP contribution in [0.15, 0.2) is 42.3 Å². The van der Waals surface area contributed by atoms with Crippen molar-refractivity contribution >= 4 is 38.8 Å². The fourth-order valence-electron chi connectivity index (χ4n) is 3.26. The van der Waals surface area contributed by atoms with Crippen molar-refractivity contribution in [2.24, 2.45) is 0 Å². The fourth-order valence-corrected chi connectivity index (χ4v) is 4.07. The lowest BCUT2D eigenvalue weighted by Gasteiger charge is -2.16. The number of aliphatic hydroxyl groups excluding tert-OH is 2. The summed E-state index contributed by atoms with van der Waals surface area (Å²) in [5, 5.41) is 21.8. The SMILES string of the molecule is Nc1ccccc1/C=C/S(=O)(=O)NC[C@H]1O[C@@H](n2cnc3c(N)ncnc32)[C@H](O)[C@@H]1O. The lowest BCUT2D eigenvalue weighted by molar-refractivity contribution is -0.0329. The Morgan fingerprint density at radius 3 is 2.71 bits per heavy atom. The Balaban J connectivity index is 1.46. The largest absolute Gasteiger partial charge is 0.398 e. The standard InChI is InChI=1S/C18H21N7O5S/c19-11-4-2-1-3-10(11)5-6-31(28,29)24-7-12-14(26)15(27)18(30-12)25-9-23-13-16(20)21-8-22-17(13)25/h1-6,8-9,12,14-15,18,24,26-27H,7,19H2,(H2,20,21,22)/b6-5+/t12-,14-,15-,18-/m1/s1. The molecule has 1 aliphatic heterocycles. The number of para-hydroxylation sites is 1. The number of nitrogens with one attached hydrogen (secondary N) is 1. The van der Waals surface area contributed by atoms with E-state index < -0.39 is 34.6 Å². The van der Waals surface area contributed by atoms with Crippen molar-refractivity contribution in [1.82, 2.24) is 24.2 Å². The van der Waals surface area contributed by atoms with Crippen LogP contribution in [0.1, 0.15) is 11.8 Å². The number of benzene rings is 1. The number of nitrogen functional groups attached to an aromatic ring is 2. The van der Waals surface area contributed by atoms with Crippen LogP contribution in [0.5, 0.6) is 0 Å². The van der Waals surface area contributed by atoms with Crippen LogP contribution < -0.4 is 16.2 Å². The molecule has 1 saturated heterocycles. The lowest BCUT2D eigenvalue weighted by atomic mass is 10.1. The number of sulfonamides is 1. The van der Waals surface area contributed by atoms with Crippen molar-refractivity contribution in [3.8, 4) is 0 Å². The molecule has 2 aromatic heterocycles. The Labute approximate surface area is 177 Å². The number of nitrogens with zero attached hydrogens (tertiary/aromatic N) is 4. The maximum atomic E-state index is 12.3. The molecule has 0 radical (unpaired) electrons. The smallest absolute Gasteiger partial charge is 0.233 e. The molecule has 3 aromatic rings. The molecule has 0 saturated carbocycles. The number of aromatic nitrogens is 4. The average molecular weight is 447 g/mol. The average Bonchev–Trinajstić information content (AvgIpc) is 3.29. The van der Waals surface area contributed by atoms with E-state index in [4.69, 9.17) is 16.2 Å². The van der Waals surface area contributed by atoms with Gasteiger partial charge in [0.25, 0.3) is 0 Å². The second-order valence-electron chi connectivity index (χ2n) is 6.95. The summed E-state index contributed by atoms with van der Waals surface area (Å²) in [5.41, 5.74) is 13.2. The summed E-state index contributed by atoms with van der Waals surface area (Å²) in [6, 6.07) is 6.81. The molecule has 4 rings (SSSR count). The number of nitrogens with two attached hydrogens (primary N) is 2. The van der Waals surface area contributed by atoms with Crippen LogP contribution >= 0.6 is 0 Å². The number of ether oxygens (including phenoxy) is 1. The lowest BCUT2D eigenvalue weighted by Crippen LogP contribution is -2.39. The quantitative estimate of drug-likeness (QED) is 0.299. The van der Waals surface area contributed by atoms with Gasteiger partial charge in [-0.3, -0.25) is 4.57 Å². The molecule has 1 aliphatic rings. The Hall–Kier alpha value is -3.10. The van der Waals surface area contributed by atoms with E-state index in [0.717, 1.165) is 5.41 Å². The summed E-state index contributed by atoms with van der Waals surface area (Å²) >= 11 is 0. The number of aliphatic hydroxyl groups is 2. The van der Waals surface area contributed by atoms with Gasteiger partial charge in [0.15, 0.2) is 17.7 Å².